The molecular formula is C25H29ClN2O3. The molecule has 2 aromatic carbocycles. The van der Waals surface area contributed by atoms with Gasteiger partial charge < -0.3 is 9.64 Å². The van der Waals surface area contributed by atoms with Crippen molar-refractivity contribution in [3.8, 4) is 0 Å². The summed E-state index contributed by atoms with van der Waals surface area (Å²) in [6, 6.07) is 15.6. The van der Waals surface area contributed by atoms with E-state index in [1.807, 2.05) is 54.3 Å². The predicted molar refractivity (Wildman–Crippen MR) is 124 cm³/mol. The molecule has 0 bridgehead atoms. The fourth-order valence-electron chi connectivity index (χ4n) is 3.53. The number of carbonyl (C=O) groups excluding carboxylic acids is 2. The zero-order valence-corrected chi connectivity index (χ0v) is 18.7. The van der Waals surface area contributed by atoms with Crippen molar-refractivity contribution in [1.29, 1.82) is 0 Å². The molecule has 1 heterocycles. The number of hydrogen-bond donors (Lipinski definition) is 0. The lowest BCUT2D eigenvalue weighted by atomic mass is 10.1. The first-order valence-electron chi connectivity index (χ1n) is 10.7. The zero-order valence-electron chi connectivity index (χ0n) is 17.9. The molecule has 0 saturated carbocycles. The first-order chi connectivity index (χ1) is 15.0. The minimum absolute atomic E-state index is 0.0480. The lowest BCUT2D eigenvalue weighted by molar-refractivity contribution is -0.142. The average Bonchev–Trinajstić information content (AvgIpc) is 2.78. The third-order valence-electron chi connectivity index (χ3n) is 5.37. The van der Waals surface area contributed by atoms with Gasteiger partial charge in [0.25, 0.3) is 0 Å². The molecule has 1 fully saturated rings. The van der Waals surface area contributed by atoms with Gasteiger partial charge in [0.05, 0.1) is 13.0 Å². The standard InChI is InChI=1S/C25H29ClN2O3/c1-2-31-25(30)19-22-5-3-21(4-6-22)13-14-27-15-17-28(18-16-27)24(29)12-9-20-7-10-23(26)11-8-20/h3-12H,2,13-19H2,1H3. The number of piperazine rings is 1. The van der Waals surface area contributed by atoms with Gasteiger partial charge in [-0.05, 0) is 48.2 Å². The van der Waals surface area contributed by atoms with E-state index in [9.17, 15) is 9.59 Å². The first-order valence-corrected chi connectivity index (χ1v) is 11.1. The summed E-state index contributed by atoms with van der Waals surface area (Å²) < 4.78 is 4.99. The Kier molecular flexibility index (Phi) is 8.68. The maximum atomic E-state index is 12.4. The second-order valence-electron chi connectivity index (χ2n) is 7.60. The van der Waals surface area contributed by atoms with Gasteiger partial charge in [-0.3, -0.25) is 14.5 Å². The Hall–Kier alpha value is -2.63. The van der Waals surface area contributed by atoms with Crippen LogP contribution in [0.15, 0.2) is 54.6 Å². The van der Waals surface area contributed by atoms with Crippen molar-refractivity contribution in [1.82, 2.24) is 9.80 Å². The average molecular weight is 441 g/mol. The number of nitrogens with zero attached hydrogens (tertiary/aromatic N) is 2. The van der Waals surface area contributed by atoms with E-state index in [1.54, 1.807) is 6.08 Å². The maximum Gasteiger partial charge on any atom is 0.310 e. The molecule has 0 aliphatic carbocycles. The van der Waals surface area contributed by atoms with Crippen LogP contribution in [0, 0.1) is 0 Å². The molecule has 164 valence electrons. The second kappa shape index (κ2) is 11.7. The van der Waals surface area contributed by atoms with Gasteiger partial charge >= 0.3 is 5.97 Å². The number of carbonyl (C=O) groups is 2. The van der Waals surface area contributed by atoms with Crippen LogP contribution in [-0.4, -0.2) is 61.0 Å². The summed E-state index contributed by atoms with van der Waals surface area (Å²) in [6.45, 7) is 6.41. The van der Waals surface area contributed by atoms with E-state index < -0.39 is 0 Å². The minimum Gasteiger partial charge on any atom is -0.466 e. The molecule has 1 amide bonds. The summed E-state index contributed by atoms with van der Waals surface area (Å²) in [5.74, 6) is -0.141. The van der Waals surface area contributed by atoms with E-state index >= 15 is 0 Å². The van der Waals surface area contributed by atoms with E-state index in [0.717, 1.165) is 50.3 Å². The van der Waals surface area contributed by atoms with Gasteiger partial charge in [-0.2, -0.15) is 0 Å². The monoisotopic (exact) mass is 440 g/mol. The molecule has 1 aliphatic heterocycles. The Morgan fingerprint density at radius 1 is 0.968 bits per heavy atom. The van der Waals surface area contributed by atoms with Crippen LogP contribution in [0.1, 0.15) is 23.6 Å². The van der Waals surface area contributed by atoms with Gasteiger partial charge in [-0.15, -0.1) is 0 Å². The second-order valence-corrected chi connectivity index (χ2v) is 8.04. The van der Waals surface area contributed by atoms with Crippen LogP contribution in [0.5, 0.6) is 0 Å². The third kappa shape index (κ3) is 7.53. The summed E-state index contributed by atoms with van der Waals surface area (Å²) >= 11 is 5.89. The van der Waals surface area contributed by atoms with Crippen LogP contribution in [-0.2, 0) is 27.2 Å². The molecule has 1 saturated heterocycles. The smallest absolute Gasteiger partial charge is 0.310 e. The number of ether oxygens (including phenoxy) is 1. The zero-order chi connectivity index (χ0) is 22.1. The summed E-state index contributed by atoms with van der Waals surface area (Å²) in [5, 5.41) is 0.687. The Balaban J connectivity index is 1.39. The van der Waals surface area contributed by atoms with Gasteiger partial charge in [0.1, 0.15) is 0 Å². The number of benzene rings is 2. The highest BCUT2D eigenvalue weighted by atomic mass is 35.5. The van der Waals surface area contributed by atoms with Crippen LogP contribution < -0.4 is 0 Å². The molecule has 2 aromatic rings. The van der Waals surface area contributed by atoms with E-state index in [1.165, 1.54) is 5.56 Å². The predicted octanol–water partition coefficient (Wildman–Crippen LogP) is 3.85. The Morgan fingerprint density at radius 3 is 2.26 bits per heavy atom. The van der Waals surface area contributed by atoms with Gasteiger partial charge in [0.2, 0.25) is 5.91 Å². The van der Waals surface area contributed by atoms with Crippen LogP contribution in [0.3, 0.4) is 0 Å². The van der Waals surface area contributed by atoms with Crippen molar-refractivity contribution in [2.75, 3.05) is 39.3 Å². The molecule has 31 heavy (non-hydrogen) atoms. The van der Waals surface area contributed by atoms with Crippen LogP contribution in [0.4, 0.5) is 0 Å². The molecule has 0 spiro atoms. The number of esters is 1. The van der Waals surface area contributed by atoms with Gasteiger partial charge in [-0.25, -0.2) is 0 Å². The molecular weight excluding hydrogens is 412 g/mol. The topological polar surface area (TPSA) is 49.9 Å². The van der Waals surface area contributed by atoms with Crippen molar-refractivity contribution in [2.24, 2.45) is 0 Å². The van der Waals surface area contributed by atoms with E-state index in [-0.39, 0.29) is 11.9 Å². The molecule has 0 aromatic heterocycles. The SMILES string of the molecule is CCOC(=O)Cc1ccc(CCN2CCN(C(=O)C=Cc3ccc(Cl)cc3)CC2)cc1. The lowest BCUT2D eigenvalue weighted by Crippen LogP contribution is -2.48. The molecule has 0 radical (unpaired) electrons. The Morgan fingerprint density at radius 2 is 1.61 bits per heavy atom. The Labute approximate surface area is 189 Å². The minimum atomic E-state index is -0.189. The van der Waals surface area contributed by atoms with Crippen molar-refractivity contribution < 1.29 is 14.3 Å². The van der Waals surface area contributed by atoms with E-state index in [4.69, 9.17) is 16.3 Å². The molecule has 5 nitrogen and oxygen atoms in total. The van der Waals surface area contributed by atoms with Crippen molar-refractivity contribution in [2.45, 2.75) is 19.8 Å². The molecule has 0 N–H and O–H groups in total. The quantitative estimate of drug-likeness (QED) is 0.462. The summed E-state index contributed by atoms with van der Waals surface area (Å²) in [4.78, 5) is 28.3. The molecule has 0 atom stereocenters. The fraction of sp³-hybridized carbons (Fsp3) is 0.360. The molecule has 0 unspecified atom stereocenters. The van der Waals surface area contributed by atoms with Crippen LogP contribution in [0.25, 0.3) is 6.08 Å². The fourth-order valence-corrected chi connectivity index (χ4v) is 3.65. The lowest BCUT2D eigenvalue weighted by Gasteiger charge is -2.34. The van der Waals surface area contributed by atoms with E-state index in [0.29, 0.717) is 18.1 Å². The number of halogens is 1. The van der Waals surface area contributed by atoms with Gasteiger partial charge in [0, 0.05) is 43.8 Å². The van der Waals surface area contributed by atoms with E-state index in [2.05, 4.69) is 17.0 Å². The first kappa shape index (κ1) is 23.0. The summed E-state index contributed by atoms with van der Waals surface area (Å²) in [6.07, 6.45) is 4.73. The highest BCUT2D eigenvalue weighted by Crippen LogP contribution is 2.12. The molecule has 1 aliphatic rings. The highest BCUT2D eigenvalue weighted by Gasteiger charge is 2.19. The Bertz CT molecular complexity index is 886. The highest BCUT2D eigenvalue weighted by molar-refractivity contribution is 6.30. The molecule has 6 heteroatoms. The van der Waals surface area contributed by atoms with Crippen molar-refractivity contribution in [3.63, 3.8) is 0 Å². The van der Waals surface area contributed by atoms with Crippen molar-refractivity contribution in [3.05, 3.63) is 76.3 Å². The number of rotatable bonds is 8. The largest absolute Gasteiger partial charge is 0.466 e. The number of amides is 1. The summed E-state index contributed by atoms with van der Waals surface area (Å²) in [5.41, 5.74) is 3.18. The van der Waals surface area contributed by atoms with Gasteiger partial charge in [0.15, 0.2) is 0 Å². The van der Waals surface area contributed by atoms with Gasteiger partial charge in [-0.1, -0.05) is 48.0 Å². The van der Waals surface area contributed by atoms with Crippen LogP contribution >= 0.6 is 11.6 Å². The van der Waals surface area contributed by atoms with Crippen molar-refractivity contribution >= 4 is 29.6 Å². The third-order valence-corrected chi connectivity index (χ3v) is 5.62. The maximum absolute atomic E-state index is 12.4. The number of hydrogen-bond acceptors (Lipinski definition) is 4. The summed E-state index contributed by atoms with van der Waals surface area (Å²) in [7, 11) is 0. The molecule has 3 rings (SSSR count). The van der Waals surface area contributed by atoms with Crippen LogP contribution in [0.2, 0.25) is 5.02 Å². The normalized spacial score (nSPS) is 14.7.